The Kier molecular flexibility index (Phi) is 9.23. The van der Waals surface area contributed by atoms with Crippen molar-refractivity contribution < 1.29 is 15.9 Å². The minimum absolute atomic E-state index is 0.0955. The molecule has 0 bridgehead atoms. The van der Waals surface area contributed by atoms with Crippen LogP contribution in [0.2, 0.25) is 0 Å². The molecule has 1 rings (SSSR count). The Hall–Kier alpha value is 1.16. The molecule has 0 unspecified atom stereocenters. The minimum Gasteiger partial charge on any atom is -0.677 e. The standard InChI is InChI=1S/C8H16N2.2ClH.Pd/c9-6-8(7-10)4-2-1-3-5-8;;;/h9-10H,1-7H2;2*1H;/q-2;;;+2/p-2. The summed E-state index contributed by atoms with van der Waals surface area (Å²) in [5, 5.41) is 0. The van der Waals surface area contributed by atoms with Crippen molar-refractivity contribution in [3.8, 4) is 0 Å². The van der Waals surface area contributed by atoms with Crippen LogP contribution in [-0.2, 0) is 15.9 Å². The predicted molar refractivity (Wildman–Crippen MR) is 55.6 cm³/mol. The van der Waals surface area contributed by atoms with Crippen molar-refractivity contribution in [1.82, 2.24) is 0 Å². The normalized spacial score (nSPS) is 20.6. The van der Waals surface area contributed by atoms with E-state index < -0.39 is 0 Å². The van der Waals surface area contributed by atoms with E-state index in [9.17, 15) is 0 Å². The van der Waals surface area contributed by atoms with Gasteiger partial charge in [-0.1, -0.05) is 37.5 Å². The molecule has 0 atom stereocenters. The van der Waals surface area contributed by atoms with Gasteiger partial charge in [0, 0.05) is 0 Å². The molecule has 5 heteroatoms. The van der Waals surface area contributed by atoms with Gasteiger partial charge in [0.2, 0.25) is 0 Å². The number of nitrogens with one attached hydrogen (secondary N) is 2. The first-order valence-corrected chi connectivity index (χ1v) is 8.36. The second kappa shape index (κ2) is 8.47. The first kappa shape index (κ1) is 14.2. The first-order chi connectivity index (χ1) is 6.24. The summed E-state index contributed by atoms with van der Waals surface area (Å²) in [6.07, 6.45) is 6.07. The van der Waals surface area contributed by atoms with Crippen LogP contribution in [0.15, 0.2) is 0 Å². The molecular weight excluding hydrogens is 301 g/mol. The van der Waals surface area contributed by atoms with Gasteiger partial charge in [-0.05, 0) is 0 Å². The van der Waals surface area contributed by atoms with Gasteiger partial charge < -0.3 is 11.5 Å². The maximum absolute atomic E-state index is 7.33. The molecule has 1 fully saturated rings. The van der Waals surface area contributed by atoms with Crippen LogP contribution in [0.5, 0.6) is 0 Å². The van der Waals surface area contributed by atoms with Gasteiger partial charge in [-0.2, -0.15) is 0 Å². The minimum atomic E-state index is -0.106. The van der Waals surface area contributed by atoms with E-state index in [4.69, 9.17) is 30.5 Å². The Balaban J connectivity index is 0.000000424. The Morgan fingerprint density at radius 2 is 1.38 bits per heavy atom. The molecule has 0 aromatic rings. The zero-order valence-corrected chi connectivity index (χ0v) is 10.6. The Labute approximate surface area is 96.8 Å². The third-order valence-electron chi connectivity index (χ3n) is 2.66. The van der Waals surface area contributed by atoms with Crippen LogP contribution in [0.4, 0.5) is 0 Å². The van der Waals surface area contributed by atoms with Crippen molar-refractivity contribution in [2.45, 2.75) is 32.1 Å². The Bertz CT molecular complexity index is 113. The second-order valence-corrected chi connectivity index (χ2v) is 5.82. The topological polar surface area (TPSA) is 47.6 Å². The molecule has 0 aromatic carbocycles. The van der Waals surface area contributed by atoms with Crippen molar-refractivity contribution in [2.75, 3.05) is 13.1 Å². The van der Waals surface area contributed by atoms with Gasteiger partial charge >= 0.3 is 35.0 Å². The second-order valence-electron chi connectivity index (χ2n) is 3.46. The summed E-state index contributed by atoms with van der Waals surface area (Å²) in [6, 6.07) is 0. The van der Waals surface area contributed by atoms with Gasteiger partial charge in [0.15, 0.2) is 0 Å². The molecule has 0 spiro atoms. The summed E-state index contributed by atoms with van der Waals surface area (Å²) in [4.78, 5) is 0. The van der Waals surface area contributed by atoms with Crippen molar-refractivity contribution in [3.63, 3.8) is 0 Å². The third-order valence-corrected chi connectivity index (χ3v) is 2.66. The molecule has 1 aliphatic rings. The van der Waals surface area contributed by atoms with Crippen molar-refractivity contribution in [2.24, 2.45) is 5.41 Å². The summed E-state index contributed by atoms with van der Waals surface area (Å²) < 4.78 is 0. The van der Waals surface area contributed by atoms with Gasteiger partial charge in [-0.3, -0.25) is 0 Å². The monoisotopic (exact) mass is 316 g/mol. The molecule has 0 radical (unpaired) electrons. The van der Waals surface area contributed by atoms with E-state index in [0.717, 1.165) is 12.8 Å². The van der Waals surface area contributed by atoms with E-state index in [2.05, 4.69) is 0 Å². The van der Waals surface area contributed by atoms with E-state index in [1.807, 2.05) is 0 Å². The fourth-order valence-electron chi connectivity index (χ4n) is 1.72. The summed E-state index contributed by atoms with van der Waals surface area (Å²) in [5.41, 5.74) is 14.7. The number of rotatable bonds is 2. The summed E-state index contributed by atoms with van der Waals surface area (Å²) in [5.74, 6) is 0. The zero-order chi connectivity index (χ0) is 10.2. The van der Waals surface area contributed by atoms with Gasteiger partial charge in [0.25, 0.3) is 0 Å². The predicted octanol–water partition coefficient (Wildman–Crippen LogP) is 4.42. The molecule has 0 aliphatic heterocycles. The van der Waals surface area contributed by atoms with Gasteiger partial charge in [-0.25, -0.2) is 0 Å². The average molecular weight is 318 g/mol. The molecule has 84 valence electrons. The summed E-state index contributed by atoms with van der Waals surface area (Å²) >= 11 is -0.106. The van der Waals surface area contributed by atoms with E-state index >= 15 is 0 Å². The van der Waals surface area contributed by atoms with Crippen molar-refractivity contribution in [1.29, 1.82) is 0 Å². The fraction of sp³-hybridized carbons (Fsp3) is 1.00. The summed E-state index contributed by atoms with van der Waals surface area (Å²) in [7, 11) is 9.63. The van der Waals surface area contributed by atoms with Crippen molar-refractivity contribution in [3.05, 3.63) is 11.5 Å². The van der Waals surface area contributed by atoms with Crippen molar-refractivity contribution >= 4 is 19.1 Å². The number of halogens is 2. The largest absolute Gasteiger partial charge is 0.677 e. The summed E-state index contributed by atoms with van der Waals surface area (Å²) in [6.45, 7) is 0.938. The first-order valence-electron chi connectivity index (χ1n) is 4.36. The molecule has 0 amide bonds. The maximum Gasteiger partial charge on any atom is -0.0509 e. The van der Waals surface area contributed by atoms with Gasteiger partial charge in [0.05, 0.1) is 0 Å². The third kappa shape index (κ3) is 5.57. The molecule has 0 heterocycles. The van der Waals surface area contributed by atoms with E-state index in [0.29, 0.717) is 13.1 Å². The number of hydrogen-bond donors (Lipinski definition) is 0. The van der Waals surface area contributed by atoms with Crippen LogP contribution >= 0.6 is 19.1 Å². The van der Waals surface area contributed by atoms with Gasteiger partial charge in [-0.15, -0.1) is 13.1 Å². The van der Waals surface area contributed by atoms with Crippen LogP contribution in [0.1, 0.15) is 32.1 Å². The average Bonchev–Trinajstić information content (AvgIpc) is 2.20. The Morgan fingerprint density at radius 3 is 1.62 bits per heavy atom. The molecular formula is C8H16Cl2N2Pd-2. The van der Waals surface area contributed by atoms with E-state index in [1.54, 1.807) is 0 Å². The van der Waals surface area contributed by atoms with Crippen LogP contribution in [0, 0.1) is 5.41 Å². The Morgan fingerprint density at radius 1 is 1.00 bits per heavy atom. The van der Waals surface area contributed by atoms with E-state index in [-0.39, 0.29) is 21.4 Å². The van der Waals surface area contributed by atoms with Gasteiger partial charge in [0.1, 0.15) is 0 Å². The molecule has 0 aromatic heterocycles. The van der Waals surface area contributed by atoms with Crippen LogP contribution in [0.25, 0.3) is 11.5 Å². The number of hydrogen-bond acceptors (Lipinski definition) is 0. The molecule has 2 nitrogen and oxygen atoms in total. The molecule has 13 heavy (non-hydrogen) atoms. The van der Waals surface area contributed by atoms with Crippen LogP contribution in [-0.4, -0.2) is 13.1 Å². The quantitative estimate of drug-likeness (QED) is 0.677. The van der Waals surface area contributed by atoms with Crippen LogP contribution < -0.4 is 0 Å². The SMILES string of the molecule is [Cl][Pd][Cl].[NH-]CC1(C[NH-])CCCCC1. The molecule has 2 N–H and O–H groups in total. The smallest absolute Gasteiger partial charge is 0.0509 e. The van der Waals surface area contributed by atoms with E-state index in [1.165, 1.54) is 19.3 Å². The molecule has 1 saturated carbocycles. The molecule has 0 saturated heterocycles. The fourth-order valence-corrected chi connectivity index (χ4v) is 1.72. The molecule has 1 aliphatic carbocycles. The zero-order valence-electron chi connectivity index (χ0n) is 7.52. The van der Waals surface area contributed by atoms with Crippen LogP contribution in [0.3, 0.4) is 0 Å². The maximum atomic E-state index is 7.33.